The summed E-state index contributed by atoms with van der Waals surface area (Å²) in [5, 5.41) is 13.4. The van der Waals surface area contributed by atoms with Gasteiger partial charge in [0.15, 0.2) is 0 Å². The van der Waals surface area contributed by atoms with Crippen molar-refractivity contribution in [2.75, 3.05) is 19.6 Å². The molecule has 0 bridgehead atoms. The maximum Gasteiger partial charge on any atom is 0.214 e. The SMILES string of the molecule is C/C=N/N1CCN(CC)C1=N. The highest BCUT2D eigenvalue weighted by Gasteiger charge is 2.22. The van der Waals surface area contributed by atoms with E-state index in [1.807, 2.05) is 18.7 Å². The molecular formula is C7H14N4. The van der Waals surface area contributed by atoms with Gasteiger partial charge in [0.05, 0.1) is 6.54 Å². The molecule has 62 valence electrons. The van der Waals surface area contributed by atoms with Gasteiger partial charge < -0.3 is 4.90 Å². The second kappa shape index (κ2) is 3.37. The molecule has 1 aliphatic rings. The number of guanidine groups is 1. The molecule has 4 heteroatoms. The third-order valence-electron chi connectivity index (χ3n) is 1.76. The monoisotopic (exact) mass is 154 g/mol. The molecule has 0 aromatic carbocycles. The van der Waals surface area contributed by atoms with E-state index in [4.69, 9.17) is 5.41 Å². The molecule has 1 saturated heterocycles. The molecule has 4 nitrogen and oxygen atoms in total. The lowest BCUT2D eigenvalue weighted by molar-refractivity contribution is 0.486. The molecule has 1 fully saturated rings. The van der Waals surface area contributed by atoms with E-state index in [2.05, 4.69) is 5.10 Å². The molecule has 11 heavy (non-hydrogen) atoms. The van der Waals surface area contributed by atoms with Crippen molar-refractivity contribution in [2.24, 2.45) is 5.10 Å². The zero-order valence-corrected chi connectivity index (χ0v) is 7.04. The maximum absolute atomic E-state index is 7.60. The Hall–Kier alpha value is -1.06. The Morgan fingerprint density at radius 2 is 2.36 bits per heavy atom. The minimum absolute atomic E-state index is 0.519. The second-order valence-corrected chi connectivity index (χ2v) is 2.40. The second-order valence-electron chi connectivity index (χ2n) is 2.40. The lowest BCUT2D eigenvalue weighted by Crippen LogP contribution is -2.29. The van der Waals surface area contributed by atoms with Gasteiger partial charge in [-0.15, -0.1) is 0 Å². The standard InChI is InChI=1S/C7H14N4/c1-3-9-11-6-5-10(4-2)7(11)8/h3,8H,4-6H2,1-2H3/b8-7?,9-3+. The molecule has 1 N–H and O–H groups in total. The highest BCUT2D eigenvalue weighted by molar-refractivity contribution is 5.79. The van der Waals surface area contributed by atoms with Crippen molar-refractivity contribution in [3.8, 4) is 0 Å². The van der Waals surface area contributed by atoms with E-state index in [-0.39, 0.29) is 0 Å². The molecule has 1 heterocycles. The zero-order chi connectivity index (χ0) is 8.27. The first-order valence-electron chi connectivity index (χ1n) is 3.89. The number of hydrogen-bond donors (Lipinski definition) is 1. The quantitative estimate of drug-likeness (QED) is 0.591. The van der Waals surface area contributed by atoms with Gasteiger partial charge in [-0.1, -0.05) is 0 Å². The van der Waals surface area contributed by atoms with Crippen LogP contribution in [0.5, 0.6) is 0 Å². The predicted molar refractivity (Wildman–Crippen MR) is 45.8 cm³/mol. The van der Waals surface area contributed by atoms with Crippen LogP contribution in [0.3, 0.4) is 0 Å². The van der Waals surface area contributed by atoms with Crippen molar-refractivity contribution in [2.45, 2.75) is 13.8 Å². The van der Waals surface area contributed by atoms with Crippen LogP contribution in [0, 0.1) is 5.41 Å². The minimum Gasteiger partial charge on any atom is -0.340 e. The van der Waals surface area contributed by atoms with Crippen LogP contribution in [-0.4, -0.2) is 41.7 Å². The number of hydrogen-bond acceptors (Lipinski definition) is 2. The normalized spacial score (nSPS) is 18.9. The lowest BCUT2D eigenvalue weighted by atomic mass is 10.6. The number of nitrogens with one attached hydrogen (secondary N) is 1. The summed E-state index contributed by atoms with van der Waals surface area (Å²) in [4.78, 5) is 1.99. The van der Waals surface area contributed by atoms with Gasteiger partial charge in [0, 0.05) is 19.3 Å². The van der Waals surface area contributed by atoms with Crippen LogP contribution in [0.2, 0.25) is 0 Å². The Labute approximate surface area is 67.0 Å². The summed E-state index contributed by atoms with van der Waals surface area (Å²) < 4.78 is 0. The van der Waals surface area contributed by atoms with Gasteiger partial charge >= 0.3 is 0 Å². The zero-order valence-electron chi connectivity index (χ0n) is 7.04. The molecule has 0 saturated carbocycles. The summed E-state index contributed by atoms with van der Waals surface area (Å²) in [5.74, 6) is 0.519. The summed E-state index contributed by atoms with van der Waals surface area (Å²) in [6.07, 6.45) is 1.72. The fourth-order valence-corrected chi connectivity index (χ4v) is 1.15. The van der Waals surface area contributed by atoms with E-state index < -0.39 is 0 Å². The molecule has 1 aliphatic heterocycles. The molecular weight excluding hydrogens is 140 g/mol. The van der Waals surface area contributed by atoms with E-state index in [0.29, 0.717) is 5.96 Å². The molecule has 0 spiro atoms. The first-order chi connectivity index (χ1) is 5.29. The van der Waals surface area contributed by atoms with Gasteiger partial charge in [0.25, 0.3) is 0 Å². The van der Waals surface area contributed by atoms with Crippen LogP contribution in [0.15, 0.2) is 5.10 Å². The van der Waals surface area contributed by atoms with Crippen molar-refractivity contribution in [1.82, 2.24) is 9.91 Å². The maximum atomic E-state index is 7.60. The van der Waals surface area contributed by atoms with Crippen LogP contribution < -0.4 is 0 Å². The molecule has 0 aromatic rings. The average Bonchev–Trinajstić information content (AvgIpc) is 2.34. The molecule has 0 atom stereocenters. The van der Waals surface area contributed by atoms with Crippen LogP contribution in [0.1, 0.15) is 13.8 Å². The van der Waals surface area contributed by atoms with Crippen LogP contribution in [-0.2, 0) is 0 Å². The third kappa shape index (κ3) is 1.50. The van der Waals surface area contributed by atoms with Crippen molar-refractivity contribution in [3.63, 3.8) is 0 Å². The average molecular weight is 154 g/mol. The topological polar surface area (TPSA) is 42.7 Å². The van der Waals surface area contributed by atoms with Gasteiger partial charge in [-0.25, -0.2) is 5.01 Å². The van der Waals surface area contributed by atoms with Gasteiger partial charge in [0.2, 0.25) is 5.96 Å². The fraction of sp³-hybridized carbons (Fsp3) is 0.714. The van der Waals surface area contributed by atoms with E-state index in [0.717, 1.165) is 19.6 Å². The van der Waals surface area contributed by atoms with Crippen molar-refractivity contribution in [3.05, 3.63) is 0 Å². The number of likely N-dealkylation sites (N-methyl/N-ethyl adjacent to an activating group) is 1. The van der Waals surface area contributed by atoms with Gasteiger partial charge in [-0.2, -0.15) is 5.10 Å². The Balaban J connectivity index is 2.55. The highest BCUT2D eigenvalue weighted by Crippen LogP contribution is 2.05. The number of nitrogens with zero attached hydrogens (tertiary/aromatic N) is 3. The Morgan fingerprint density at radius 3 is 2.82 bits per heavy atom. The minimum atomic E-state index is 0.519. The van der Waals surface area contributed by atoms with Gasteiger partial charge in [0.1, 0.15) is 0 Å². The van der Waals surface area contributed by atoms with E-state index in [9.17, 15) is 0 Å². The lowest BCUT2D eigenvalue weighted by Gasteiger charge is -2.15. The summed E-state index contributed by atoms with van der Waals surface area (Å²) >= 11 is 0. The van der Waals surface area contributed by atoms with Gasteiger partial charge in [-0.3, -0.25) is 5.41 Å². The molecule has 0 aliphatic carbocycles. The van der Waals surface area contributed by atoms with Gasteiger partial charge in [-0.05, 0) is 13.8 Å². The Morgan fingerprint density at radius 1 is 1.64 bits per heavy atom. The van der Waals surface area contributed by atoms with E-state index in [1.54, 1.807) is 11.2 Å². The smallest absolute Gasteiger partial charge is 0.214 e. The molecule has 0 amide bonds. The summed E-state index contributed by atoms with van der Waals surface area (Å²) in [5.41, 5.74) is 0. The van der Waals surface area contributed by atoms with Crippen molar-refractivity contribution in [1.29, 1.82) is 5.41 Å². The van der Waals surface area contributed by atoms with Crippen molar-refractivity contribution < 1.29 is 0 Å². The largest absolute Gasteiger partial charge is 0.340 e. The highest BCUT2D eigenvalue weighted by atomic mass is 15.6. The summed E-state index contributed by atoms with van der Waals surface area (Å²) in [6.45, 7) is 6.58. The molecule has 1 rings (SSSR count). The fourth-order valence-electron chi connectivity index (χ4n) is 1.15. The Bertz CT molecular complexity index is 175. The molecule has 0 unspecified atom stereocenters. The first-order valence-corrected chi connectivity index (χ1v) is 3.89. The molecule has 0 aromatic heterocycles. The van der Waals surface area contributed by atoms with Crippen LogP contribution in [0.25, 0.3) is 0 Å². The van der Waals surface area contributed by atoms with Crippen LogP contribution >= 0.6 is 0 Å². The molecule has 0 radical (unpaired) electrons. The summed E-state index contributed by atoms with van der Waals surface area (Å²) in [7, 11) is 0. The van der Waals surface area contributed by atoms with Crippen molar-refractivity contribution >= 4 is 12.2 Å². The van der Waals surface area contributed by atoms with Crippen LogP contribution in [0.4, 0.5) is 0 Å². The predicted octanol–water partition coefficient (Wildman–Crippen LogP) is 0.564. The third-order valence-corrected chi connectivity index (χ3v) is 1.76. The number of hydrazone groups is 1. The Kier molecular flexibility index (Phi) is 2.46. The first kappa shape index (κ1) is 8.04. The number of rotatable bonds is 2. The van der Waals surface area contributed by atoms with E-state index >= 15 is 0 Å². The summed E-state index contributed by atoms with van der Waals surface area (Å²) in [6, 6.07) is 0. The van der Waals surface area contributed by atoms with E-state index in [1.165, 1.54) is 0 Å².